The molecule has 7 heteroatoms. The number of amides is 1. The van der Waals surface area contributed by atoms with Gasteiger partial charge in [0.15, 0.2) is 0 Å². The normalized spacial score (nSPS) is 17.0. The smallest absolute Gasteiger partial charge is 0.248 e. The molecule has 202 valence electrons. The van der Waals surface area contributed by atoms with E-state index in [2.05, 4.69) is 28.0 Å². The maximum Gasteiger partial charge on any atom is 0.248 e. The third kappa shape index (κ3) is 12.3. The number of hydrogen-bond donors (Lipinski definition) is 3. The molecule has 0 fully saturated rings. The van der Waals surface area contributed by atoms with Crippen LogP contribution in [0.3, 0.4) is 0 Å². The van der Waals surface area contributed by atoms with E-state index in [0.29, 0.717) is 22.8 Å². The van der Waals surface area contributed by atoms with Crippen LogP contribution in [-0.4, -0.2) is 28.5 Å². The monoisotopic (exact) mass is 516 g/mol. The molecule has 4 N–H and O–H groups in total. The Morgan fingerprint density at radius 3 is 2.14 bits per heavy atom. The number of carbonyl (C=O) groups excluding carboxylic acids is 1. The molecular formula is C29H48N4O2S. The fourth-order valence-electron chi connectivity index (χ4n) is 2.80. The molecule has 2 atom stereocenters. The minimum Gasteiger partial charge on any atom is -0.366 e. The Morgan fingerprint density at radius 2 is 1.67 bits per heavy atom. The van der Waals surface area contributed by atoms with Gasteiger partial charge >= 0.3 is 0 Å². The zero-order valence-electron chi connectivity index (χ0n) is 23.9. The van der Waals surface area contributed by atoms with Crippen LogP contribution in [0.4, 0.5) is 0 Å². The number of aliphatic imine (C=N–C) groups is 1. The van der Waals surface area contributed by atoms with E-state index in [0.717, 1.165) is 23.3 Å². The minimum absolute atomic E-state index is 0.111. The van der Waals surface area contributed by atoms with Crippen LogP contribution in [-0.2, 0) is 15.8 Å². The van der Waals surface area contributed by atoms with Crippen molar-refractivity contribution >= 4 is 22.7 Å². The van der Waals surface area contributed by atoms with E-state index in [1.165, 1.54) is 0 Å². The number of allylic oxidation sites excluding steroid dienone is 3. The topological polar surface area (TPSA) is 96.6 Å². The van der Waals surface area contributed by atoms with Gasteiger partial charge in [-0.3, -0.25) is 9.79 Å². The van der Waals surface area contributed by atoms with Gasteiger partial charge in [0, 0.05) is 23.4 Å². The van der Waals surface area contributed by atoms with Crippen LogP contribution in [0.25, 0.3) is 0 Å². The summed E-state index contributed by atoms with van der Waals surface area (Å²) in [4.78, 5) is 16.8. The number of hydrogen-bond acceptors (Lipinski definition) is 4. The predicted octanol–water partition coefficient (Wildman–Crippen LogP) is 6.34. The third-order valence-electron chi connectivity index (χ3n) is 4.63. The largest absolute Gasteiger partial charge is 0.366 e. The first-order chi connectivity index (χ1) is 17.4. The maximum absolute atomic E-state index is 12.5. The summed E-state index contributed by atoms with van der Waals surface area (Å²) in [6.07, 6.45) is 10.5. The van der Waals surface area contributed by atoms with Crippen LogP contribution in [0.1, 0.15) is 81.2 Å². The molecule has 0 aromatic heterocycles. The molecule has 0 spiro atoms. The van der Waals surface area contributed by atoms with Gasteiger partial charge < -0.3 is 11.1 Å². The van der Waals surface area contributed by atoms with Gasteiger partial charge in [0.05, 0.1) is 10.9 Å². The Morgan fingerprint density at radius 1 is 1.08 bits per heavy atom. The van der Waals surface area contributed by atoms with Crippen LogP contribution in [0, 0.1) is 0 Å². The molecule has 1 amide bonds. The summed E-state index contributed by atoms with van der Waals surface area (Å²) >= 11 is 0. The Hall–Kier alpha value is -2.77. The van der Waals surface area contributed by atoms with E-state index >= 15 is 0 Å². The molecule has 1 aliphatic rings. The maximum atomic E-state index is 12.5. The molecule has 1 aromatic carbocycles. The van der Waals surface area contributed by atoms with Crippen molar-refractivity contribution in [3.05, 3.63) is 77.1 Å². The van der Waals surface area contributed by atoms with Crippen molar-refractivity contribution < 1.29 is 9.00 Å². The number of rotatable bonds is 9. The van der Waals surface area contributed by atoms with Gasteiger partial charge in [-0.2, -0.15) is 0 Å². The summed E-state index contributed by atoms with van der Waals surface area (Å²) in [6, 6.07) is 7.31. The molecule has 1 aromatic rings. The van der Waals surface area contributed by atoms with Gasteiger partial charge in [0.2, 0.25) is 5.91 Å². The van der Waals surface area contributed by atoms with Gasteiger partial charge in [-0.15, -0.1) is 0 Å². The van der Waals surface area contributed by atoms with Crippen molar-refractivity contribution in [3.8, 4) is 0 Å². The number of nitrogens with one attached hydrogen (secondary N) is 2. The van der Waals surface area contributed by atoms with Gasteiger partial charge in [-0.1, -0.05) is 84.9 Å². The Bertz CT molecular complexity index is 943. The second-order valence-corrected chi connectivity index (χ2v) is 8.07. The highest BCUT2D eigenvalue weighted by Crippen LogP contribution is 2.18. The second kappa shape index (κ2) is 21.5. The molecule has 1 heterocycles. The molecule has 0 aliphatic carbocycles. The second-order valence-electron chi connectivity index (χ2n) is 6.78. The van der Waals surface area contributed by atoms with Gasteiger partial charge in [-0.05, 0) is 51.0 Å². The lowest BCUT2D eigenvalue weighted by atomic mass is 10.1. The summed E-state index contributed by atoms with van der Waals surface area (Å²) < 4.78 is 15.6. The third-order valence-corrected chi connectivity index (χ3v) is 5.74. The van der Waals surface area contributed by atoms with E-state index in [9.17, 15) is 9.00 Å². The molecule has 0 radical (unpaired) electrons. The van der Waals surface area contributed by atoms with E-state index < -0.39 is 16.9 Å². The SMILES string of the molecule is C/C=C(\C=C/CC)CNS(=O)c1ccc(C2=NC(C)/C(=C\C(=C/C)C(N)=O)N2)cc1.CC.CC.CC. The summed E-state index contributed by atoms with van der Waals surface area (Å²) in [5, 5.41) is 3.25. The van der Waals surface area contributed by atoms with E-state index in [1.807, 2.05) is 91.8 Å². The zero-order chi connectivity index (χ0) is 28.1. The number of nitrogens with zero attached hydrogens (tertiary/aromatic N) is 1. The highest BCUT2D eigenvalue weighted by molar-refractivity contribution is 7.83. The fourth-order valence-corrected chi connectivity index (χ4v) is 3.65. The summed E-state index contributed by atoms with van der Waals surface area (Å²) in [5.41, 5.74) is 8.60. The molecule has 0 saturated heterocycles. The van der Waals surface area contributed by atoms with Crippen molar-refractivity contribution in [3.63, 3.8) is 0 Å². The van der Waals surface area contributed by atoms with Crippen LogP contribution in [0.5, 0.6) is 0 Å². The van der Waals surface area contributed by atoms with Crippen molar-refractivity contribution in [2.75, 3.05) is 6.54 Å². The van der Waals surface area contributed by atoms with Crippen molar-refractivity contribution in [1.82, 2.24) is 10.0 Å². The van der Waals surface area contributed by atoms with Gasteiger partial charge in [-0.25, -0.2) is 8.93 Å². The lowest BCUT2D eigenvalue weighted by Gasteiger charge is -2.08. The van der Waals surface area contributed by atoms with Gasteiger partial charge in [0.25, 0.3) is 0 Å². The standard InChI is InChI=1S/C23H30N4O2S.3C2H6/c1-5-8-9-17(6-2)15-25-30(29)20-12-10-19(11-13-20)23-26-16(4)21(27-23)14-18(7-3)22(24)28;3*1-2/h6-14,16,25H,5,15H2,1-4H3,(H2,24,28)(H,26,27);3*1-2H3/b9-8-,17-6+,18-7+,21-14+;;;. The van der Waals surface area contributed by atoms with Crippen molar-refractivity contribution in [2.45, 2.75) is 86.6 Å². The number of primary amides is 1. The van der Waals surface area contributed by atoms with E-state index in [4.69, 9.17) is 5.73 Å². The first-order valence-corrected chi connectivity index (χ1v) is 14.1. The predicted molar refractivity (Wildman–Crippen MR) is 158 cm³/mol. The van der Waals surface area contributed by atoms with Gasteiger partial charge in [0.1, 0.15) is 16.8 Å². The Labute approximate surface area is 222 Å². The van der Waals surface area contributed by atoms with Crippen molar-refractivity contribution in [1.29, 1.82) is 0 Å². The first kappa shape index (κ1) is 35.4. The molecule has 0 bridgehead atoms. The molecule has 36 heavy (non-hydrogen) atoms. The molecule has 1 aliphatic heterocycles. The number of amidine groups is 1. The summed E-state index contributed by atoms with van der Waals surface area (Å²) in [5.74, 6) is 0.234. The first-order valence-electron chi connectivity index (χ1n) is 13.0. The average molecular weight is 517 g/mol. The molecule has 0 saturated carbocycles. The number of carbonyl (C=O) groups is 1. The molecule has 2 unspecified atom stereocenters. The summed E-state index contributed by atoms with van der Waals surface area (Å²) in [6.45, 7) is 20.3. The number of nitrogens with two attached hydrogens (primary N) is 1. The molecule has 6 nitrogen and oxygen atoms in total. The zero-order valence-corrected chi connectivity index (χ0v) is 24.8. The average Bonchev–Trinajstić information content (AvgIpc) is 3.30. The van der Waals surface area contributed by atoms with Crippen LogP contribution in [0.15, 0.2) is 81.4 Å². The highest BCUT2D eigenvalue weighted by Gasteiger charge is 2.20. The quantitative estimate of drug-likeness (QED) is 0.264. The molecular weight excluding hydrogens is 468 g/mol. The minimum atomic E-state index is -1.30. The fraction of sp³-hybridized carbons (Fsp3) is 0.448. The lowest BCUT2D eigenvalue weighted by Crippen LogP contribution is -2.22. The Balaban J connectivity index is 0. The highest BCUT2D eigenvalue weighted by atomic mass is 32.2. The summed E-state index contributed by atoms with van der Waals surface area (Å²) in [7, 11) is -1.30. The van der Waals surface area contributed by atoms with E-state index in [1.54, 1.807) is 19.1 Å². The van der Waals surface area contributed by atoms with E-state index in [-0.39, 0.29) is 6.04 Å². The van der Waals surface area contributed by atoms with Crippen molar-refractivity contribution in [2.24, 2.45) is 10.7 Å². The molecule has 2 rings (SSSR count). The van der Waals surface area contributed by atoms with Crippen LogP contribution < -0.4 is 15.8 Å². The van der Waals surface area contributed by atoms with Crippen LogP contribution in [0.2, 0.25) is 0 Å². The lowest BCUT2D eigenvalue weighted by molar-refractivity contribution is -0.114. The Kier molecular flexibility index (Phi) is 21.1. The van der Waals surface area contributed by atoms with Crippen LogP contribution >= 0.6 is 0 Å². The number of benzene rings is 1.